The third-order valence-corrected chi connectivity index (χ3v) is 1.23. The van der Waals surface area contributed by atoms with Crippen LogP contribution in [0.3, 0.4) is 0 Å². The van der Waals surface area contributed by atoms with Gasteiger partial charge in [-0.1, -0.05) is 0 Å². The first kappa shape index (κ1) is 7.34. The first-order valence-electron chi connectivity index (χ1n) is 3.03. The molecule has 1 aromatic rings. The molecule has 1 heterocycles. The van der Waals surface area contributed by atoms with E-state index in [1.807, 2.05) is 0 Å². The molecule has 0 aliphatic rings. The molecule has 0 aliphatic heterocycles. The van der Waals surface area contributed by atoms with Crippen molar-refractivity contribution in [2.24, 2.45) is 0 Å². The molecule has 10 heavy (non-hydrogen) atoms. The van der Waals surface area contributed by atoms with E-state index in [1.165, 1.54) is 6.33 Å². The van der Waals surface area contributed by atoms with Gasteiger partial charge < -0.3 is 5.32 Å². The maximum atomic E-state index is 4.05. The highest BCUT2D eigenvalue weighted by Crippen LogP contribution is 1.98. The maximum absolute atomic E-state index is 4.05. The highest BCUT2D eigenvalue weighted by Gasteiger charge is 1.86. The minimum atomic E-state index is 0.814. The van der Waals surface area contributed by atoms with Gasteiger partial charge in [-0.3, -0.25) is 0 Å². The zero-order chi connectivity index (χ0) is 7.23. The molecule has 0 spiro atoms. The molecule has 0 saturated carbocycles. The Bertz CT molecular complexity index is 178. The third-order valence-electron chi connectivity index (χ3n) is 1.00. The van der Waals surface area contributed by atoms with Gasteiger partial charge in [-0.05, 0) is 0 Å². The van der Waals surface area contributed by atoms with Gasteiger partial charge in [0, 0.05) is 12.3 Å². The van der Waals surface area contributed by atoms with Gasteiger partial charge in [0.1, 0.15) is 6.33 Å². The second kappa shape index (κ2) is 4.11. The number of nitrogens with one attached hydrogen (secondary N) is 1. The number of anilines is 1. The fourth-order valence-corrected chi connectivity index (χ4v) is 0.702. The van der Waals surface area contributed by atoms with Crippen LogP contribution in [0, 0.1) is 0 Å². The Kier molecular flexibility index (Phi) is 3.02. The summed E-state index contributed by atoms with van der Waals surface area (Å²) in [5.41, 5.74) is 0.941. The van der Waals surface area contributed by atoms with Crippen LogP contribution in [0.2, 0.25) is 0 Å². The molecule has 0 aliphatic carbocycles. The summed E-state index contributed by atoms with van der Waals surface area (Å²) < 4.78 is 0. The summed E-state index contributed by atoms with van der Waals surface area (Å²) >= 11 is 4.05. The molecule has 0 bridgehead atoms. The van der Waals surface area contributed by atoms with Crippen molar-refractivity contribution >= 4 is 18.3 Å². The van der Waals surface area contributed by atoms with E-state index in [-0.39, 0.29) is 0 Å². The van der Waals surface area contributed by atoms with E-state index < -0.39 is 0 Å². The first-order valence-corrected chi connectivity index (χ1v) is 3.66. The van der Waals surface area contributed by atoms with Gasteiger partial charge in [0.15, 0.2) is 0 Å². The van der Waals surface area contributed by atoms with Crippen LogP contribution in [-0.2, 0) is 0 Å². The molecule has 0 amide bonds. The number of aromatic nitrogens is 2. The van der Waals surface area contributed by atoms with Crippen LogP contribution < -0.4 is 5.32 Å². The molecule has 0 aromatic carbocycles. The zero-order valence-electron chi connectivity index (χ0n) is 5.49. The summed E-state index contributed by atoms with van der Waals surface area (Å²) in [6, 6.07) is 0. The zero-order valence-corrected chi connectivity index (χ0v) is 6.38. The monoisotopic (exact) mass is 155 g/mol. The molecule has 0 fully saturated rings. The lowest BCUT2D eigenvalue weighted by atomic mass is 10.5. The number of hydrogen-bond acceptors (Lipinski definition) is 4. The van der Waals surface area contributed by atoms with Crippen molar-refractivity contribution in [2.75, 3.05) is 17.6 Å². The van der Waals surface area contributed by atoms with Crippen LogP contribution in [0.4, 0.5) is 5.69 Å². The smallest absolute Gasteiger partial charge is 0.115 e. The van der Waals surface area contributed by atoms with Crippen LogP contribution in [-0.4, -0.2) is 22.3 Å². The highest BCUT2D eigenvalue weighted by molar-refractivity contribution is 7.80. The van der Waals surface area contributed by atoms with Gasteiger partial charge in [-0.15, -0.1) is 0 Å². The van der Waals surface area contributed by atoms with Crippen LogP contribution in [0.1, 0.15) is 0 Å². The average Bonchev–Trinajstić information content (AvgIpc) is 2.03. The van der Waals surface area contributed by atoms with Crippen molar-refractivity contribution in [1.29, 1.82) is 0 Å². The quantitative estimate of drug-likeness (QED) is 0.635. The summed E-state index contributed by atoms with van der Waals surface area (Å²) in [6.45, 7) is 0.844. The summed E-state index contributed by atoms with van der Waals surface area (Å²) in [5, 5.41) is 3.09. The molecule has 1 rings (SSSR count). The molecule has 0 unspecified atom stereocenters. The molecule has 0 radical (unpaired) electrons. The van der Waals surface area contributed by atoms with Crippen molar-refractivity contribution in [3.63, 3.8) is 0 Å². The van der Waals surface area contributed by atoms with Gasteiger partial charge in [-0.2, -0.15) is 12.6 Å². The summed E-state index contributed by atoms with van der Waals surface area (Å²) in [4.78, 5) is 7.68. The van der Waals surface area contributed by atoms with Gasteiger partial charge in [-0.25, -0.2) is 9.97 Å². The molecule has 1 N–H and O–H groups in total. The van der Waals surface area contributed by atoms with E-state index in [1.54, 1.807) is 12.4 Å². The average molecular weight is 155 g/mol. The third kappa shape index (κ3) is 2.23. The molecule has 54 valence electrons. The number of nitrogens with zero attached hydrogens (tertiary/aromatic N) is 2. The van der Waals surface area contributed by atoms with Crippen molar-refractivity contribution in [3.05, 3.63) is 18.7 Å². The van der Waals surface area contributed by atoms with Gasteiger partial charge in [0.2, 0.25) is 0 Å². The number of hydrogen-bond donors (Lipinski definition) is 2. The molecule has 1 aromatic heterocycles. The Morgan fingerprint density at radius 2 is 2.10 bits per heavy atom. The largest absolute Gasteiger partial charge is 0.382 e. The summed E-state index contributed by atoms with van der Waals surface area (Å²) in [5.74, 6) is 0.814. The van der Waals surface area contributed by atoms with E-state index in [9.17, 15) is 0 Å². The molecular formula is C6H9N3S. The van der Waals surface area contributed by atoms with Crippen molar-refractivity contribution in [2.45, 2.75) is 0 Å². The summed E-state index contributed by atoms with van der Waals surface area (Å²) in [7, 11) is 0. The van der Waals surface area contributed by atoms with Crippen molar-refractivity contribution in [3.8, 4) is 0 Å². The molecule has 0 saturated heterocycles. The van der Waals surface area contributed by atoms with Crippen LogP contribution in [0.25, 0.3) is 0 Å². The fraction of sp³-hybridized carbons (Fsp3) is 0.333. The highest BCUT2D eigenvalue weighted by atomic mass is 32.1. The molecule has 3 nitrogen and oxygen atoms in total. The lowest BCUT2D eigenvalue weighted by Gasteiger charge is -2.00. The predicted molar refractivity (Wildman–Crippen MR) is 44.4 cm³/mol. The summed E-state index contributed by atoms with van der Waals surface area (Å²) in [6.07, 6.45) is 4.97. The first-order chi connectivity index (χ1) is 4.93. The van der Waals surface area contributed by atoms with E-state index in [0.29, 0.717) is 0 Å². The minimum Gasteiger partial charge on any atom is -0.382 e. The molecule has 0 atom stereocenters. The Hall–Kier alpha value is -0.770. The van der Waals surface area contributed by atoms with E-state index in [4.69, 9.17) is 0 Å². The van der Waals surface area contributed by atoms with E-state index >= 15 is 0 Å². The predicted octanol–water partition coefficient (Wildman–Crippen LogP) is 0.818. The van der Waals surface area contributed by atoms with Gasteiger partial charge in [0.05, 0.1) is 18.1 Å². The maximum Gasteiger partial charge on any atom is 0.115 e. The van der Waals surface area contributed by atoms with Crippen LogP contribution in [0.15, 0.2) is 18.7 Å². The minimum absolute atomic E-state index is 0.814. The second-order valence-electron chi connectivity index (χ2n) is 1.78. The van der Waals surface area contributed by atoms with Gasteiger partial charge in [0.25, 0.3) is 0 Å². The molecular weight excluding hydrogens is 146 g/mol. The van der Waals surface area contributed by atoms with Crippen LogP contribution >= 0.6 is 12.6 Å². The van der Waals surface area contributed by atoms with E-state index in [0.717, 1.165) is 18.0 Å². The van der Waals surface area contributed by atoms with Gasteiger partial charge >= 0.3 is 0 Å². The van der Waals surface area contributed by atoms with Crippen molar-refractivity contribution < 1.29 is 0 Å². The second-order valence-corrected chi connectivity index (χ2v) is 2.22. The SMILES string of the molecule is SCCNc1cncnc1. The Balaban J connectivity index is 2.43. The van der Waals surface area contributed by atoms with E-state index in [2.05, 4.69) is 27.9 Å². The normalized spacial score (nSPS) is 9.30. The Labute approximate surface area is 65.3 Å². The Morgan fingerprint density at radius 3 is 2.70 bits per heavy atom. The Morgan fingerprint density at radius 1 is 1.40 bits per heavy atom. The topological polar surface area (TPSA) is 37.8 Å². The molecule has 4 heteroatoms. The lowest BCUT2D eigenvalue weighted by molar-refractivity contribution is 1.13. The fourth-order valence-electron chi connectivity index (χ4n) is 0.591. The van der Waals surface area contributed by atoms with Crippen LogP contribution in [0.5, 0.6) is 0 Å². The van der Waals surface area contributed by atoms with Crippen molar-refractivity contribution in [1.82, 2.24) is 9.97 Å². The standard InChI is InChI=1S/C6H9N3S/c10-2-1-9-6-3-7-5-8-4-6/h3-5,9-10H,1-2H2. The lowest BCUT2D eigenvalue weighted by Crippen LogP contribution is -2.02. The number of thiol groups is 1. The number of rotatable bonds is 3.